The zero-order valence-corrected chi connectivity index (χ0v) is 11.0. The molecule has 15 heavy (non-hydrogen) atoms. The van der Waals surface area contributed by atoms with Crippen molar-refractivity contribution in [3.8, 4) is 5.75 Å². The lowest BCUT2D eigenvalue weighted by molar-refractivity contribution is 0.443. The second kappa shape index (κ2) is 3.85. The van der Waals surface area contributed by atoms with E-state index in [-0.39, 0.29) is 10.7 Å². The lowest BCUT2D eigenvalue weighted by atomic mass is 10.2. The first-order valence-corrected chi connectivity index (χ1v) is 7.91. The average Bonchev–Trinajstić information content (AvgIpc) is 2.06. The smallest absolute Gasteiger partial charge is 0.335 e. The van der Waals surface area contributed by atoms with Crippen molar-refractivity contribution in [3.63, 3.8) is 0 Å². The fourth-order valence-electron chi connectivity index (χ4n) is 0.851. The molecule has 0 radical (unpaired) electrons. The minimum atomic E-state index is -1.83. The van der Waals surface area contributed by atoms with Crippen LogP contribution in [0.2, 0.25) is 18.1 Å². The Labute approximate surface area is 91.2 Å². The Morgan fingerprint density at radius 3 is 2.27 bits per heavy atom. The Kier molecular flexibility index (Phi) is 3.09. The predicted octanol–water partition coefficient (Wildman–Crippen LogP) is 3.02. The van der Waals surface area contributed by atoms with Crippen molar-refractivity contribution in [1.29, 1.82) is 0 Å². The van der Waals surface area contributed by atoms with Gasteiger partial charge >= 0.3 is 5.63 Å². The van der Waals surface area contributed by atoms with Gasteiger partial charge in [-0.1, -0.05) is 20.8 Å². The van der Waals surface area contributed by atoms with Gasteiger partial charge in [-0.25, -0.2) is 4.79 Å². The molecule has 0 aliphatic carbocycles. The second-order valence-corrected chi connectivity index (χ2v) is 9.88. The van der Waals surface area contributed by atoms with Crippen LogP contribution in [0, 0.1) is 0 Å². The first-order chi connectivity index (χ1) is 6.72. The summed E-state index contributed by atoms with van der Waals surface area (Å²) in [5.41, 5.74) is -0.349. The molecule has 84 valence electrons. The third kappa shape index (κ3) is 2.96. The molecule has 0 saturated heterocycles. The quantitative estimate of drug-likeness (QED) is 0.728. The topological polar surface area (TPSA) is 39.4 Å². The lowest BCUT2D eigenvalue weighted by Crippen LogP contribution is -2.43. The van der Waals surface area contributed by atoms with E-state index in [4.69, 9.17) is 8.84 Å². The minimum Gasteiger partial charge on any atom is -0.541 e. The monoisotopic (exact) mass is 226 g/mol. The van der Waals surface area contributed by atoms with Crippen LogP contribution in [-0.2, 0) is 0 Å². The van der Waals surface area contributed by atoms with Gasteiger partial charge in [0.1, 0.15) is 12.0 Å². The summed E-state index contributed by atoms with van der Waals surface area (Å²) in [4.78, 5) is 10.8. The zero-order chi connectivity index (χ0) is 11.7. The molecule has 0 spiro atoms. The Balaban J connectivity index is 2.87. The van der Waals surface area contributed by atoms with Crippen molar-refractivity contribution in [2.24, 2.45) is 0 Å². The molecule has 1 aromatic heterocycles. The second-order valence-electron chi connectivity index (χ2n) is 5.15. The van der Waals surface area contributed by atoms with Crippen molar-refractivity contribution in [2.75, 3.05) is 0 Å². The van der Waals surface area contributed by atoms with Crippen LogP contribution in [0.3, 0.4) is 0 Å². The van der Waals surface area contributed by atoms with E-state index in [1.165, 1.54) is 12.3 Å². The molecule has 4 heteroatoms. The molecule has 0 aliphatic heterocycles. The molecule has 3 nitrogen and oxygen atoms in total. The van der Waals surface area contributed by atoms with E-state index in [0.29, 0.717) is 5.75 Å². The minimum absolute atomic E-state index is 0.142. The Morgan fingerprint density at radius 2 is 1.87 bits per heavy atom. The van der Waals surface area contributed by atoms with E-state index in [2.05, 4.69) is 33.9 Å². The maximum absolute atomic E-state index is 10.8. The molecule has 0 atom stereocenters. The third-order valence-electron chi connectivity index (χ3n) is 2.85. The fraction of sp³-hybridized carbons (Fsp3) is 0.545. The van der Waals surface area contributed by atoms with Crippen molar-refractivity contribution < 1.29 is 8.84 Å². The highest BCUT2D eigenvalue weighted by molar-refractivity contribution is 6.74. The molecule has 0 fully saturated rings. The molecule has 1 heterocycles. The first-order valence-electron chi connectivity index (χ1n) is 5.00. The Bertz CT molecular complexity index is 367. The van der Waals surface area contributed by atoms with E-state index in [0.717, 1.165) is 0 Å². The normalized spacial score (nSPS) is 12.6. The van der Waals surface area contributed by atoms with Crippen LogP contribution in [0.25, 0.3) is 0 Å². The number of hydrogen-bond acceptors (Lipinski definition) is 3. The molecule has 0 amide bonds. The third-order valence-corrected chi connectivity index (χ3v) is 7.21. The largest absolute Gasteiger partial charge is 0.541 e. The molecule has 0 unspecified atom stereocenters. The molecule has 1 rings (SSSR count). The van der Waals surface area contributed by atoms with E-state index >= 15 is 0 Å². The molecular weight excluding hydrogens is 208 g/mol. The SMILES string of the molecule is CC(C)(C)[Si](C)(C)Oc1ccc(=O)oc1. The van der Waals surface area contributed by atoms with Crippen LogP contribution in [0.1, 0.15) is 20.8 Å². The van der Waals surface area contributed by atoms with Crippen LogP contribution in [0.4, 0.5) is 0 Å². The van der Waals surface area contributed by atoms with Gasteiger partial charge in [-0.15, -0.1) is 0 Å². The van der Waals surface area contributed by atoms with Gasteiger partial charge in [-0.3, -0.25) is 0 Å². The average molecular weight is 226 g/mol. The molecule has 0 aliphatic rings. The van der Waals surface area contributed by atoms with E-state index in [9.17, 15) is 4.79 Å². The molecule has 0 saturated carbocycles. The van der Waals surface area contributed by atoms with Crippen molar-refractivity contribution in [2.45, 2.75) is 38.9 Å². The Morgan fingerprint density at radius 1 is 1.27 bits per heavy atom. The van der Waals surface area contributed by atoms with Crippen LogP contribution in [-0.4, -0.2) is 8.32 Å². The summed E-state index contributed by atoms with van der Waals surface area (Å²) >= 11 is 0. The van der Waals surface area contributed by atoms with Crippen LogP contribution < -0.4 is 10.1 Å². The molecule has 0 bridgehead atoms. The molecular formula is C11H18O3Si. The van der Waals surface area contributed by atoms with Gasteiger partial charge in [0, 0.05) is 6.07 Å². The zero-order valence-electron chi connectivity index (χ0n) is 9.96. The van der Waals surface area contributed by atoms with Crippen molar-refractivity contribution in [1.82, 2.24) is 0 Å². The predicted molar refractivity (Wildman–Crippen MR) is 62.8 cm³/mol. The Hall–Kier alpha value is -1.03. The summed E-state index contributed by atoms with van der Waals surface area (Å²) in [7, 11) is -1.83. The van der Waals surface area contributed by atoms with E-state index in [1.807, 2.05) is 0 Å². The maximum Gasteiger partial charge on any atom is 0.335 e. The fourth-order valence-corrected chi connectivity index (χ4v) is 1.86. The summed E-state index contributed by atoms with van der Waals surface area (Å²) in [5, 5.41) is 0.142. The maximum atomic E-state index is 10.8. The van der Waals surface area contributed by atoms with Gasteiger partial charge in [-0.2, -0.15) is 0 Å². The molecule has 0 N–H and O–H groups in total. The van der Waals surface area contributed by atoms with Gasteiger partial charge < -0.3 is 8.84 Å². The van der Waals surface area contributed by atoms with Gasteiger partial charge in [-0.05, 0) is 24.2 Å². The van der Waals surface area contributed by atoms with Gasteiger partial charge in [0.15, 0.2) is 0 Å². The highest BCUT2D eigenvalue weighted by Crippen LogP contribution is 2.36. The van der Waals surface area contributed by atoms with Crippen LogP contribution >= 0.6 is 0 Å². The summed E-state index contributed by atoms with van der Waals surface area (Å²) in [6.45, 7) is 10.8. The summed E-state index contributed by atoms with van der Waals surface area (Å²) in [5.74, 6) is 0.640. The lowest BCUT2D eigenvalue weighted by Gasteiger charge is -2.36. The summed E-state index contributed by atoms with van der Waals surface area (Å²) in [6.07, 6.45) is 1.38. The van der Waals surface area contributed by atoms with E-state index < -0.39 is 8.32 Å². The van der Waals surface area contributed by atoms with E-state index in [1.54, 1.807) is 6.07 Å². The summed E-state index contributed by atoms with van der Waals surface area (Å²) < 4.78 is 10.7. The highest BCUT2D eigenvalue weighted by Gasteiger charge is 2.39. The number of hydrogen-bond donors (Lipinski definition) is 0. The molecule has 1 aromatic rings. The first kappa shape index (κ1) is 12.0. The van der Waals surface area contributed by atoms with Gasteiger partial charge in [0.25, 0.3) is 8.32 Å². The number of rotatable bonds is 2. The highest BCUT2D eigenvalue weighted by atomic mass is 28.4. The van der Waals surface area contributed by atoms with Crippen LogP contribution in [0.5, 0.6) is 5.75 Å². The molecule has 0 aromatic carbocycles. The van der Waals surface area contributed by atoms with Crippen molar-refractivity contribution >= 4 is 8.32 Å². The standard InChI is InChI=1S/C11H18O3Si/c1-11(2,3)15(4,5)14-9-6-7-10(12)13-8-9/h6-8H,1-5H3. The van der Waals surface area contributed by atoms with Gasteiger partial charge in [0.05, 0.1) is 0 Å². The van der Waals surface area contributed by atoms with Gasteiger partial charge in [0.2, 0.25) is 0 Å². The summed E-state index contributed by atoms with van der Waals surface area (Å²) in [6, 6.07) is 3.04. The van der Waals surface area contributed by atoms with Crippen molar-refractivity contribution in [3.05, 3.63) is 28.8 Å². The van der Waals surface area contributed by atoms with Crippen LogP contribution in [0.15, 0.2) is 27.6 Å².